The van der Waals surface area contributed by atoms with Gasteiger partial charge in [-0.05, 0) is 32.0 Å². The van der Waals surface area contributed by atoms with E-state index >= 15 is 0 Å². The Morgan fingerprint density at radius 1 is 1.45 bits per heavy atom. The van der Waals surface area contributed by atoms with E-state index in [0.29, 0.717) is 0 Å². The third-order valence-electron chi connectivity index (χ3n) is 2.49. The predicted molar refractivity (Wildman–Crippen MR) is 73.9 cm³/mol. The Hall–Kier alpha value is -1.67. The van der Waals surface area contributed by atoms with Gasteiger partial charge in [0.25, 0.3) is 0 Å². The quantitative estimate of drug-likeness (QED) is 0.777. The van der Waals surface area contributed by atoms with Crippen molar-refractivity contribution in [2.45, 2.75) is 24.8 Å². The Bertz CT molecular complexity index is 602. The smallest absolute Gasteiger partial charge is 0.243 e. The molecule has 1 amide bonds. The fourth-order valence-electron chi connectivity index (χ4n) is 1.52. The second kappa shape index (κ2) is 6.19. The van der Waals surface area contributed by atoms with Crippen LogP contribution in [-0.2, 0) is 14.8 Å². The van der Waals surface area contributed by atoms with Gasteiger partial charge in [0.05, 0.1) is 17.1 Å². The zero-order chi connectivity index (χ0) is 15.5. The predicted octanol–water partition coefficient (Wildman–Crippen LogP) is 0.553. The van der Waals surface area contributed by atoms with Gasteiger partial charge in [0.2, 0.25) is 15.9 Å². The van der Waals surface area contributed by atoms with Crippen molar-refractivity contribution in [3.05, 3.63) is 24.0 Å². The largest absolute Gasteiger partial charge is 0.396 e. The highest BCUT2D eigenvalue weighted by Gasteiger charge is 2.23. The first kappa shape index (κ1) is 16.4. The molecule has 0 atom stereocenters. The minimum absolute atomic E-state index is 0.0833. The van der Waals surface area contributed by atoms with Crippen molar-refractivity contribution in [3.8, 4) is 0 Å². The number of likely N-dealkylation sites (N-methyl/N-ethyl adjacent to an activating group) is 1. The molecule has 0 aliphatic rings. The van der Waals surface area contributed by atoms with E-state index < -0.39 is 21.7 Å². The highest BCUT2D eigenvalue weighted by atomic mass is 32.2. The molecule has 0 heterocycles. The zero-order valence-corrected chi connectivity index (χ0v) is 12.4. The van der Waals surface area contributed by atoms with Gasteiger partial charge in [-0.15, -0.1) is 0 Å². The van der Waals surface area contributed by atoms with Crippen LogP contribution in [0.5, 0.6) is 0 Å². The van der Waals surface area contributed by atoms with Crippen LogP contribution >= 0.6 is 0 Å². The van der Waals surface area contributed by atoms with Crippen LogP contribution in [0.4, 0.5) is 10.1 Å². The van der Waals surface area contributed by atoms with Gasteiger partial charge in [-0.2, -0.15) is 4.31 Å². The third kappa shape index (κ3) is 3.91. The summed E-state index contributed by atoms with van der Waals surface area (Å²) in [6.45, 7) is 3.22. The molecule has 3 N–H and O–H groups in total. The molecule has 0 aliphatic heterocycles. The van der Waals surface area contributed by atoms with Crippen molar-refractivity contribution in [1.82, 2.24) is 9.62 Å². The Morgan fingerprint density at radius 2 is 2.05 bits per heavy atom. The van der Waals surface area contributed by atoms with Crippen molar-refractivity contribution in [2.24, 2.45) is 0 Å². The standard InChI is InChI=1S/C12H18FN3O3S/c1-8(2)15-12(17)7-16(3)20(18,19)9-4-5-10(13)11(14)6-9/h4-6,8H,7,14H2,1-3H3,(H,15,17). The summed E-state index contributed by atoms with van der Waals surface area (Å²) in [6.07, 6.45) is 0. The number of sulfonamides is 1. The fourth-order valence-corrected chi connectivity index (χ4v) is 2.68. The molecule has 0 aliphatic carbocycles. The molecule has 0 saturated heterocycles. The molecule has 112 valence electrons. The van der Waals surface area contributed by atoms with E-state index in [0.717, 1.165) is 22.5 Å². The Labute approximate surface area is 117 Å². The number of nitrogens with one attached hydrogen (secondary N) is 1. The molecule has 1 rings (SSSR count). The summed E-state index contributed by atoms with van der Waals surface area (Å²) in [5.41, 5.74) is 5.09. The number of carbonyl (C=O) groups excluding carboxylic acids is 1. The van der Waals surface area contributed by atoms with Gasteiger partial charge in [-0.1, -0.05) is 0 Å². The molecule has 0 saturated carbocycles. The molecule has 6 nitrogen and oxygen atoms in total. The van der Waals surface area contributed by atoms with Gasteiger partial charge >= 0.3 is 0 Å². The van der Waals surface area contributed by atoms with Crippen molar-refractivity contribution in [2.75, 3.05) is 19.3 Å². The monoisotopic (exact) mass is 303 g/mol. The number of benzene rings is 1. The van der Waals surface area contributed by atoms with Crippen LogP contribution in [0.15, 0.2) is 23.1 Å². The fraction of sp³-hybridized carbons (Fsp3) is 0.417. The first-order valence-corrected chi connectivity index (χ1v) is 7.39. The molecule has 20 heavy (non-hydrogen) atoms. The number of nitrogens with zero attached hydrogens (tertiary/aromatic N) is 1. The summed E-state index contributed by atoms with van der Waals surface area (Å²) in [7, 11) is -2.61. The lowest BCUT2D eigenvalue weighted by Gasteiger charge is -2.18. The summed E-state index contributed by atoms with van der Waals surface area (Å²) in [5.74, 6) is -1.11. The zero-order valence-electron chi connectivity index (χ0n) is 11.6. The summed E-state index contributed by atoms with van der Waals surface area (Å²) in [6, 6.07) is 3.03. The number of carbonyl (C=O) groups is 1. The lowest BCUT2D eigenvalue weighted by Crippen LogP contribution is -2.40. The molecule has 0 radical (unpaired) electrons. The molecule has 0 bridgehead atoms. The number of hydrogen-bond donors (Lipinski definition) is 2. The van der Waals surface area contributed by atoms with Crippen molar-refractivity contribution in [1.29, 1.82) is 0 Å². The number of anilines is 1. The first-order chi connectivity index (χ1) is 9.14. The average Bonchev–Trinajstić information content (AvgIpc) is 2.31. The third-order valence-corrected chi connectivity index (χ3v) is 4.29. The maximum atomic E-state index is 13.0. The van der Waals surface area contributed by atoms with Crippen molar-refractivity contribution >= 4 is 21.6 Å². The van der Waals surface area contributed by atoms with Crippen LogP contribution in [0, 0.1) is 5.82 Å². The summed E-state index contributed by atoms with van der Waals surface area (Å²) in [5, 5.41) is 2.59. The van der Waals surface area contributed by atoms with Gasteiger partial charge in [0.15, 0.2) is 0 Å². The lowest BCUT2D eigenvalue weighted by molar-refractivity contribution is -0.121. The molecule has 1 aromatic carbocycles. The number of rotatable bonds is 5. The maximum absolute atomic E-state index is 13.0. The molecule has 1 aromatic rings. The number of nitrogen functional groups attached to an aromatic ring is 1. The van der Waals surface area contributed by atoms with E-state index in [1.807, 2.05) is 0 Å². The van der Waals surface area contributed by atoms with E-state index in [4.69, 9.17) is 5.73 Å². The molecule has 8 heteroatoms. The van der Waals surface area contributed by atoms with Gasteiger partial charge in [0.1, 0.15) is 5.82 Å². The molecule has 0 aromatic heterocycles. The molecule has 0 fully saturated rings. The van der Waals surface area contributed by atoms with Crippen LogP contribution in [0.1, 0.15) is 13.8 Å². The van der Waals surface area contributed by atoms with E-state index in [9.17, 15) is 17.6 Å². The minimum Gasteiger partial charge on any atom is -0.396 e. The highest BCUT2D eigenvalue weighted by Crippen LogP contribution is 2.19. The summed E-state index contributed by atoms with van der Waals surface area (Å²) < 4.78 is 38.3. The van der Waals surface area contributed by atoms with E-state index in [2.05, 4.69) is 5.32 Å². The Morgan fingerprint density at radius 3 is 2.55 bits per heavy atom. The molecular formula is C12H18FN3O3S. The maximum Gasteiger partial charge on any atom is 0.243 e. The second-order valence-electron chi connectivity index (χ2n) is 4.67. The second-order valence-corrected chi connectivity index (χ2v) is 6.71. The van der Waals surface area contributed by atoms with Gasteiger partial charge in [0, 0.05) is 13.1 Å². The number of nitrogens with two attached hydrogens (primary N) is 1. The van der Waals surface area contributed by atoms with Crippen LogP contribution in [0.3, 0.4) is 0 Å². The average molecular weight is 303 g/mol. The number of amides is 1. The van der Waals surface area contributed by atoms with Crippen LogP contribution < -0.4 is 11.1 Å². The van der Waals surface area contributed by atoms with Gasteiger partial charge in [-0.25, -0.2) is 12.8 Å². The summed E-state index contributed by atoms with van der Waals surface area (Å²) >= 11 is 0. The normalized spacial score (nSPS) is 11.9. The number of hydrogen-bond acceptors (Lipinski definition) is 4. The summed E-state index contributed by atoms with van der Waals surface area (Å²) in [4.78, 5) is 11.4. The van der Waals surface area contributed by atoms with Crippen molar-refractivity contribution in [3.63, 3.8) is 0 Å². The molecular weight excluding hydrogens is 285 g/mol. The van der Waals surface area contributed by atoms with E-state index in [1.54, 1.807) is 13.8 Å². The van der Waals surface area contributed by atoms with Crippen molar-refractivity contribution < 1.29 is 17.6 Å². The Balaban J connectivity index is 2.92. The van der Waals surface area contributed by atoms with Crippen LogP contribution in [-0.4, -0.2) is 38.3 Å². The number of halogens is 1. The highest BCUT2D eigenvalue weighted by molar-refractivity contribution is 7.89. The SMILES string of the molecule is CC(C)NC(=O)CN(C)S(=O)(=O)c1ccc(F)c(N)c1. The van der Waals surface area contributed by atoms with Gasteiger partial charge < -0.3 is 11.1 Å². The van der Waals surface area contributed by atoms with E-state index in [1.165, 1.54) is 7.05 Å². The minimum atomic E-state index is -3.88. The molecule has 0 spiro atoms. The van der Waals surface area contributed by atoms with E-state index in [-0.39, 0.29) is 23.2 Å². The van der Waals surface area contributed by atoms with Gasteiger partial charge in [-0.3, -0.25) is 4.79 Å². The lowest BCUT2D eigenvalue weighted by atomic mass is 10.3. The topological polar surface area (TPSA) is 92.5 Å². The molecule has 0 unspecified atom stereocenters. The van der Waals surface area contributed by atoms with Crippen LogP contribution in [0.25, 0.3) is 0 Å². The Kier molecular flexibility index (Phi) is 5.07. The van der Waals surface area contributed by atoms with Crippen LogP contribution in [0.2, 0.25) is 0 Å². The first-order valence-electron chi connectivity index (χ1n) is 5.95.